The first-order valence-electron chi connectivity index (χ1n) is 6.91. The molecule has 1 N–H and O–H groups in total. The number of aromatic nitrogens is 2. The maximum Gasteiger partial charge on any atom is 0.306 e. The lowest BCUT2D eigenvalue weighted by Crippen LogP contribution is -2.28. The van der Waals surface area contributed by atoms with Gasteiger partial charge in [-0.05, 0) is 18.7 Å². The first-order chi connectivity index (χ1) is 10.1. The number of benzene rings is 1. The smallest absolute Gasteiger partial charge is 0.306 e. The van der Waals surface area contributed by atoms with Gasteiger partial charge in [-0.2, -0.15) is 0 Å². The first kappa shape index (κ1) is 15.2. The van der Waals surface area contributed by atoms with Gasteiger partial charge in [-0.15, -0.1) is 0 Å². The normalized spacial score (nSPS) is 11.0. The van der Waals surface area contributed by atoms with Crippen molar-refractivity contribution in [1.82, 2.24) is 14.9 Å². The number of nitrogens with one attached hydrogen (secondary N) is 1. The van der Waals surface area contributed by atoms with E-state index in [1.807, 2.05) is 30.0 Å². The predicted molar refractivity (Wildman–Crippen MR) is 79.9 cm³/mol. The molecule has 0 bridgehead atoms. The number of methoxy groups -OCH3 is 1. The molecule has 0 saturated heterocycles. The first-order valence-corrected chi connectivity index (χ1v) is 6.91. The van der Waals surface area contributed by atoms with E-state index < -0.39 is 0 Å². The summed E-state index contributed by atoms with van der Waals surface area (Å²) >= 11 is 0. The minimum absolute atomic E-state index is 0.139. The average Bonchev–Trinajstić information content (AvgIpc) is 2.51. The molecule has 112 valence electrons. The SMILES string of the molecule is CCN(CCC(=O)OC)Cc1nc2ccccc2c(=O)[nH]1. The number of H-pyrrole nitrogens is 1. The van der Waals surface area contributed by atoms with Crippen LogP contribution in [0.5, 0.6) is 0 Å². The molecule has 21 heavy (non-hydrogen) atoms. The van der Waals surface area contributed by atoms with E-state index in [2.05, 4.69) is 14.7 Å². The van der Waals surface area contributed by atoms with Gasteiger partial charge in [0.25, 0.3) is 5.56 Å². The maximum absolute atomic E-state index is 12.0. The van der Waals surface area contributed by atoms with Gasteiger partial charge >= 0.3 is 5.97 Å². The molecule has 0 atom stereocenters. The van der Waals surface area contributed by atoms with Crippen molar-refractivity contribution in [2.75, 3.05) is 20.2 Å². The van der Waals surface area contributed by atoms with Crippen molar-refractivity contribution in [3.63, 3.8) is 0 Å². The molecule has 0 spiro atoms. The molecular weight excluding hydrogens is 270 g/mol. The third-order valence-corrected chi connectivity index (χ3v) is 3.34. The number of aromatic amines is 1. The summed E-state index contributed by atoms with van der Waals surface area (Å²) in [5.41, 5.74) is 0.542. The minimum Gasteiger partial charge on any atom is -0.469 e. The molecule has 0 saturated carbocycles. The van der Waals surface area contributed by atoms with Crippen LogP contribution in [0, 0.1) is 0 Å². The molecule has 0 radical (unpaired) electrons. The molecule has 1 aromatic carbocycles. The van der Waals surface area contributed by atoms with Crippen LogP contribution in [0.25, 0.3) is 10.9 Å². The van der Waals surface area contributed by atoms with Crippen molar-refractivity contribution >= 4 is 16.9 Å². The number of carbonyl (C=O) groups excluding carboxylic acids is 1. The van der Waals surface area contributed by atoms with Crippen molar-refractivity contribution in [3.8, 4) is 0 Å². The van der Waals surface area contributed by atoms with Crippen molar-refractivity contribution in [2.45, 2.75) is 19.9 Å². The van der Waals surface area contributed by atoms with Crippen LogP contribution >= 0.6 is 0 Å². The van der Waals surface area contributed by atoms with E-state index in [9.17, 15) is 9.59 Å². The molecule has 6 nitrogen and oxygen atoms in total. The van der Waals surface area contributed by atoms with Gasteiger partial charge in [0, 0.05) is 6.54 Å². The molecule has 1 heterocycles. The molecular formula is C15H19N3O3. The predicted octanol–water partition coefficient (Wildman–Crippen LogP) is 1.31. The van der Waals surface area contributed by atoms with Gasteiger partial charge in [0.1, 0.15) is 5.82 Å². The number of rotatable bonds is 6. The minimum atomic E-state index is -0.242. The van der Waals surface area contributed by atoms with Crippen LogP contribution in [0.4, 0.5) is 0 Å². The second kappa shape index (κ2) is 6.99. The highest BCUT2D eigenvalue weighted by molar-refractivity contribution is 5.77. The summed E-state index contributed by atoms with van der Waals surface area (Å²) in [7, 11) is 1.38. The molecule has 0 fully saturated rings. The number of ether oxygens (including phenoxy) is 1. The maximum atomic E-state index is 12.0. The summed E-state index contributed by atoms with van der Waals surface area (Å²) < 4.78 is 4.63. The van der Waals surface area contributed by atoms with E-state index in [0.29, 0.717) is 36.2 Å². The Hall–Kier alpha value is -2.21. The van der Waals surface area contributed by atoms with E-state index in [0.717, 1.165) is 6.54 Å². The Kier molecular flexibility index (Phi) is 5.05. The summed E-state index contributed by atoms with van der Waals surface area (Å²) in [6.07, 6.45) is 0.322. The molecule has 2 rings (SSSR count). The Morgan fingerprint density at radius 1 is 1.38 bits per heavy atom. The molecule has 0 aliphatic rings. The zero-order chi connectivity index (χ0) is 15.2. The summed E-state index contributed by atoms with van der Waals surface area (Å²) in [6.45, 7) is 3.82. The highest BCUT2D eigenvalue weighted by atomic mass is 16.5. The van der Waals surface area contributed by atoms with E-state index in [-0.39, 0.29) is 11.5 Å². The number of carbonyl (C=O) groups is 1. The van der Waals surface area contributed by atoms with Gasteiger partial charge < -0.3 is 9.72 Å². The Balaban J connectivity index is 2.14. The largest absolute Gasteiger partial charge is 0.469 e. The molecule has 0 aliphatic carbocycles. The summed E-state index contributed by atoms with van der Waals surface area (Å²) in [5, 5.41) is 0.582. The summed E-state index contributed by atoms with van der Waals surface area (Å²) in [6, 6.07) is 7.24. The lowest BCUT2D eigenvalue weighted by atomic mass is 10.2. The van der Waals surface area contributed by atoms with Gasteiger partial charge in [-0.3, -0.25) is 14.5 Å². The summed E-state index contributed by atoms with van der Waals surface area (Å²) in [4.78, 5) is 32.5. The standard InChI is InChI=1S/C15H19N3O3/c1-3-18(9-8-14(19)21-2)10-13-16-12-7-5-4-6-11(12)15(20)17-13/h4-7H,3,8-10H2,1-2H3,(H,16,17,20). The third-order valence-electron chi connectivity index (χ3n) is 3.34. The van der Waals surface area contributed by atoms with Crippen molar-refractivity contribution in [1.29, 1.82) is 0 Å². The Morgan fingerprint density at radius 3 is 2.86 bits per heavy atom. The second-order valence-corrected chi connectivity index (χ2v) is 4.72. The van der Waals surface area contributed by atoms with Crippen molar-refractivity contribution in [3.05, 3.63) is 40.4 Å². The zero-order valence-electron chi connectivity index (χ0n) is 12.3. The molecule has 0 unspecified atom stereocenters. The fourth-order valence-electron chi connectivity index (χ4n) is 2.12. The summed E-state index contributed by atoms with van der Waals surface area (Å²) in [5.74, 6) is 0.360. The monoisotopic (exact) mass is 289 g/mol. The fraction of sp³-hybridized carbons (Fsp3) is 0.400. The number of hydrogen-bond acceptors (Lipinski definition) is 5. The molecule has 0 amide bonds. The van der Waals surface area contributed by atoms with Crippen LogP contribution in [0.15, 0.2) is 29.1 Å². The van der Waals surface area contributed by atoms with E-state index in [4.69, 9.17) is 0 Å². The highest BCUT2D eigenvalue weighted by Crippen LogP contribution is 2.07. The number of esters is 1. The van der Waals surface area contributed by atoms with Gasteiger partial charge in [-0.25, -0.2) is 4.98 Å². The van der Waals surface area contributed by atoms with Crippen LogP contribution < -0.4 is 5.56 Å². The quantitative estimate of drug-likeness (QED) is 0.811. The molecule has 2 aromatic rings. The van der Waals surface area contributed by atoms with E-state index in [1.165, 1.54) is 7.11 Å². The van der Waals surface area contributed by atoms with Gasteiger partial charge in [-0.1, -0.05) is 19.1 Å². The fourth-order valence-corrected chi connectivity index (χ4v) is 2.12. The zero-order valence-corrected chi connectivity index (χ0v) is 12.3. The lowest BCUT2D eigenvalue weighted by molar-refractivity contribution is -0.141. The van der Waals surface area contributed by atoms with Crippen LogP contribution in [-0.2, 0) is 16.1 Å². The second-order valence-electron chi connectivity index (χ2n) is 4.72. The van der Waals surface area contributed by atoms with Gasteiger partial charge in [0.2, 0.25) is 0 Å². The van der Waals surface area contributed by atoms with Crippen LogP contribution in [-0.4, -0.2) is 41.0 Å². The van der Waals surface area contributed by atoms with Crippen LogP contribution in [0.2, 0.25) is 0 Å². The average molecular weight is 289 g/mol. The number of nitrogens with zero attached hydrogens (tertiary/aromatic N) is 2. The van der Waals surface area contributed by atoms with Crippen LogP contribution in [0.3, 0.4) is 0 Å². The topological polar surface area (TPSA) is 75.3 Å². The Bertz CT molecular complexity index is 681. The molecule has 1 aromatic heterocycles. The number of hydrogen-bond donors (Lipinski definition) is 1. The number of fused-ring (bicyclic) bond motifs is 1. The van der Waals surface area contributed by atoms with Gasteiger partial charge in [0.05, 0.1) is 31.0 Å². The Morgan fingerprint density at radius 2 is 2.14 bits per heavy atom. The van der Waals surface area contributed by atoms with Crippen LogP contribution in [0.1, 0.15) is 19.2 Å². The lowest BCUT2D eigenvalue weighted by Gasteiger charge is -2.19. The number of para-hydroxylation sites is 1. The molecule has 6 heteroatoms. The van der Waals surface area contributed by atoms with Crippen molar-refractivity contribution < 1.29 is 9.53 Å². The van der Waals surface area contributed by atoms with Crippen molar-refractivity contribution in [2.24, 2.45) is 0 Å². The van der Waals surface area contributed by atoms with E-state index >= 15 is 0 Å². The van der Waals surface area contributed by atoms with Gasteiger partial charge in [0.15, 0.2) is 0 Å². The Labute approximate surface area is 122 Å². The third kappa shape index (κ3) is 3.88. The highest BCUT2D eigenvalue weighted by Gasteiger charge is 2.10. The molecule has 0 aliphatic heterocycles. The van der Waals surface area contributed by atoms with E-state index in [1.54, 1.807) is 6.07 Å².